The first kappa shape index (κ1) is 21.9. The van der Waals surface area contributed by atoms with E-state index in [9.17, 15) is 4.21 Å². The molecule has 0 aliphatic carbocycles. The maximum Gasteiger partial charge on any atom is 0.197 e. The van der Waals surface area contributed by atoms with Crippen LogP contribution >= 0.6 is 0 Å². The highest BCUT2D eigenvalue weighted by molar-refractivity contribution is 7.84. The van der Waals surface area contributed by atoms with Gasteiger partial charge in [-0.1, -0.05) is 26.0 Å². The van der Waals surface area contributed by atoms with Gasteiger partial charge in [-0.15, -0.1) is 0 Å². The van der Waals surface area contributed by atoms with E-state index < -0.39 is 16.6 Å². The predicted molar refractivity (Wildman–Crippen MR) is 119 cm³/mol. The maximum absolute atomic E-state index is 12.9. The van der Waals surface area contributed by atoms with E-state index in [2.05, 4.69) is 28.8 Å². The molecule has 4 rings (SSSR count). The van der Waals surface area contributed by atoms with Crippen molar-refractivity contribution in [3.63, 3.8) is 0 Å². The monoisotopic (exact) mass is 443 g/mol. The number of nitrogens with one attached hydrogen (secondary N) is 1. The molecular weight excluding hydrogens is 414 g/mol. The molecule has 1 N–H and O–H groups in total. The summed E-state index contributed by atoms with van der Waals surface area (Å²) in [4.78, 5) is 12.0. The van der Waals surface area contributed by atoms with E-state index in [1.807, 2.05) is 44.2 Å². The number of para-hydroxylation sites is 2. The average molecular weight is 444 g/mol. The van der Waals surface area contributed by atoms with Gasteiger partial charge in [0.2, 0.25) is 0 Å². The van der Waals surface area contributed by atoms with Crippen LogP contribution in [0.4, 0.5) is 0 Å². The van der Waals surface area contributed by atoms with Crippen LogP contribution in [-0.4, -0.2) is 44.8 Å². The molecule has 0 amide bonds. The van der Waals surface area contributed by atoms with E-state index in [0.717, 1.165) is 28.0 Å². The second-order valence-electron chi connectivity index (χ2n) is 8.90. The quantitative estimate of drug-likeness (QED) is 0.591. The minimum atomic E-state index is -1.33. The van der Waals surface area contributed by atoms with Gasteiger partial charge < -0.3 is 19.2 Å². The van der Waals surface area contributed by atoms with Gasteiger partial charge >= 0.3 is 0 Å². The van der Waals surface area contributed by atoms with Crippen molar-refractivity contribution in [3.8, 4) is 5.75 Å². The Morgan fingerprint density at radius 2 is 1.90 bits per heavy atom. The second-order valence-corrected chi connectivity index (χ2v) is 10.3. The molecule has 1 fully saturated rings. The normalized spacial score (nSPS) is 18.7. The smallest absolute Gasteiger partial charge is 0.197 e. The third kappa shape index (κ3) is 5.14. The lowest BCUT2D eigenvalue weighted by atomic mass is 9.94. The van der Waals surface area contributed by atoms with Crippen LogP contribution in [0.25, 0.3) is 11.0 Å². The van der Waals surface area contributed by atoms with Gasteiger partial charge in [-0.25, -0.2) is 4.98 Å². The van der Waals surface area contributed by atoms with Gasteiger partial charge in [-0.2, -0.15) is 0 Å². The SMILES string of the molecule is Cc1c(OCCC2(C)OCC(C)(C)CO2)ccnc1CS(=O)c1nc2ccccc2[nH]1. The average Bonchev–Trinajstić information content (AvgIpc) is 3.18. The van der Waals surface area contributed by atoms with E-state index in [1.54, 1.807) is 6.20 Å². The van der Waals surface area contributed by atoms with Crippen molar-refractivity contribution in [1.29, 1.82) is 0 Å². The molecule has 1 aromatic carbocycles. The molecule has 8 heteroatoms. The number of aromatic amines is 1. The highest BCUT2D eigenvalue weighted by Gasteiger charge is 2.36. The van der Waals surface area contributed by atoms with E-state index in [1.165, 1.54) is 0 Å². The number of rotatable bonds is 7. The molecule has 3 aromatic rings. The second kappa shape index (κ2) is 8.68. The molecule has 7 nitrogen and oxygen atoms in total. The van der Waals surface area contributed by atoms with Crippen molar-refractivity contribution in [2.45, 2.75) is 50.8 Å². The summed E-state index contributed by atoms with van der Waals surface area (Å²) in [5, 5.41) is 0.455. The highest BCUT2D eigenvalue weighted by atomic mass is 32.2. The standard InChI is InChI=1S/C23H29N3O4S/c1-16-19(13-31(27)21-25-17-7-5-6-8-18(17)26-21)24-11-9-20(16)28-12-10-23(4)29-14-22(2,3)15-30-23/h5-9,11H,10,12-15H2,1-4H3,(H,25,26). The Morgan fingerprint density at radius 1 is 1.16 bits per heavy atom. The summed E-state index contributed by atoms with van der Waals surface area (Å²) in [7, 11) is -1.33. The Balaban J connectivity index is 1.38. The molecule has 166 valence electrons. The molecule has 2 aromatic heterocycles. The molecule has 1 saturated heterocycles. The van der Waals surface area contributed by atoms with E-state index in [-0.39, 0.29) is 11.2 Å². The summed E-state index contributed by atoms with van der Waals surface area (Å²) in [5.41, 5.74) is 3.32. The third-order valence-electron chi connectivity index (χ3n) is 5.46. The number of aromatic nitrogens is 3. The van der Waals surface area contributed by atoms with Gasteiger partial charge in [0.15, 0.2) is 10.9 Å². The van der Waals surface area contributed by atoms with Crippen molar-refractivity contribution >= 4 is 21.8 Å². The minimum Gasteiger partial charge on any atom is -0.493 e. The summed E-state index contributed by atoms with van der Waals surface area (Å²) >= 11 is 0. The number of imidazole rings is 1. The summed E-state index contributed by atoms with van der Waals surface area (Å²) in [6, 6.07) is 9.47. The van der Waals surface area contributed by atoms with Gasteiger partial charge in [0.05, 0.1) is 53.1 Å². The molecule has 0 radical (unpaired) electrons. The molecule has 31 heavy (non-hydrogen) atoms. The fourth-order valence-corrected chi connectivity index (χ4v) is 4.46. The molecule has 0 saturated carbocycles. The van der Waals surface area contributed by atoms with Crippen LogP contribution in [0.3, 0.4) is 0 Å². The first-order valence-corrected chi connectivity index (χ1v) is 11.7. The molecule has 0 spiro atoms. The maximum atomic E-state index is 12.9. The van der Waals surface area contributed by atoms with Crippen molar-refractivity contribution in [1.82, 2.24) is 15.0 Å². The fourth-order valence-electron chi connectivity index (χ4n) is 3.36. The lowest BCUT2D eigenvalue weighted by Crippen LogP contribution is -2.46. The van der Waals surface area contributed by atoms with E-state index in [4.69, 9.17) is 14.2 Å². The number of benzene rings is 1. The Bertz CT molecular complexity index is 1050. The number of ether oxygens (including phenoxy) is 3. The molecule has 1 aliphatic heterocycles. The van der Waals surface area contributed by atoms with Crippen molar-refractivity contribution in [2.24, 2.45) is 5.41 Å². The van der Waals surface area contributed by atoms with Crippen LogP contribution < -0.4 is 4.74 Å². The zero-order valence-corrected chi connectivity index (χ0v) is 19.3. The largest absolute Gasteiger partial charge is 0.493 e. The van der Waals surface area contributed by atoms with Gasteiger partial charge in [-0.05, 0) is 32.0 Å². The third-order valence-corrected chi connectivity index (χ3v) is 6.62. The lowest BCUT2D eigenvalue weighted by Gasteiger charge is -2.41. The highest BCUT2D eigenvalue weighted by Crippen LogP contribution is 2.31. The molecule has 1 aliphatic rings. The number of hydrogen-bond acceptors (Lipinski definition) is 6. The first-order chi connectivity index (χ1) is 14.7. The zero-order chi connectivity index (χ0) is 22.1. The lowest BCUT2D eigenvalue weighted by molar-refractivity contribution is -0.293. The van der Waals surface area contributed by atoms with Crippen molar-refractivity contribution in [3.05, 3.63) is 47.8 Å². The van der Waals surface area contributed by atoms with Gasteiger partial charge in [0, 0.05) is 23.6 Å². The van der Waals surface area contributed by atoms with Gasteiger partial charge in [0.25, 0.3) is 0 Å². The minimum absolute atomic E-state index is 0.0342. The van der Waals surface area contributed by atoms with Gasteiger partial charge in [0.1, 0.15) is 5.75 Å². The molecule has 1 unspecified atom stereocenters. The molecule has 0 bridgehead atoms. The summed E-state index contributed by atoms with van der Waals surface area (Å²) in [6.07, 6.45) is 2.30. The van der Waals surface area contributed by atoms with Crippen LogP contribution in [0.1, 0.15) is 38.4 Å². The van der Waals surface area contributed by atoms with Crippen molar-refractivity contribution in [2.75, 3.05) is 19.8 Å². The zero-order valence-electron chi connectivity index (χ0n) is 18.4. The Kier molecular flexibility index (Phi) is 6.14. The first-order valence-electron chi connectivity index (χ1n) is 10.4. The summed E-state index contributed by atoms with van der Waals surface area (Å²) in [6.45, 7) is 9.91. The number of H-pyrrole nitrogens is 1. The topological polar surface area (TPSA) is 86.3 Å². The van der Waals surface area contributed by atoms with E-state index >= 15 is 0 Å². The Morgan fingerprint density at radius 3 is 2.65 bits per heavy atom. The van der Waals surface area contributed by atoms with E-state index in [0.29, 0.717) is 31.4 Å². The number of pyridine rings is 1. The predicted octanol–water partition coefficient (Wildman–Crippen LogP) is 4.13. The molecular formula is C23H29N3O4S. The van der Waals surface area contributed by atoms with Crippen LogP contribution in [0.5, 0.6) is 5.75 Å². The number of hydrogen-bond donors (Lipinski definition) is 1. The Hall–Kier alpha value is -2.29. The Labute approximate surface area is 185 Å². The fraction of sp³-hybridized carbons (Fsp3) is 0.478. The van der Waals surface area contributed by atoms with Crippen LogP contribution in [0, 0.1) is 12.3 Å². The van der Waals surface area contributed by atoms with Crippen LogP contribution in [0.2, 0.25) is 0 Å². The number of fused-ring (bicyclic) bond motifs is 1. The van der Waals surface area contributed by atoms with Crippen molar-refractivity contribution < 1.29 is 18.4 Å². The molecule has 3 heterocycles. The van der Waals surface area contributed by atoms with Gasteiger partial charge in [-0.3, -0.25) is 9.19 Å². The van der Waals surface area contributed by atoms with Crippen LogP contribution in [-0.2, 0) is 26.0 Å². The van der Waals surface area contributed by atoms with Crippen LogP contribution in [0.15, 0.2) is 41.7 Å². The summed E-state index contributed by atoms with van der Waals surface area (Å²) < 4.78 is 30.7. The molecule has 1 atom stereocenters. The number of nitrogens with zero attached hydrogens (tertiary/aromatic N) is 2. The summed E-state index contributed by atoms with van der Waals surface area (Å²) in [5.74, 6) is 0.357.